The lowest BCUT2D eigenvalue weighted by molar-refractivity contribution is -0.119. The van der Waals surface area contributed by atoms with Crippen LogP contribution in [-0.4, -0.2) is 27.6 Å². The Bertz CT molecular complexity index is 935. The number of aryl methyl sites for hydroxylation is 1. The quantitative estimate of drug-likeness (QED) is 0.560. The van der Waals surface area contributed by atoms with Gasteiger partial charge in [0.2, 0.25) is 11.0 Å². The van der Waals surface area contributed by atoms with Crippen LogP contribution in [0.4, 0.5) is 5.13 Å². The number of nitrogens with zero attached hydrogens (tertiary/aromatic N) is 3. The first-order valence-electron chi connectivity index (χ1n) is 9.21. The van der Waals surface area contributed by atoms with Crippen LogP contribution < -0.4 is 4.90 Å². The topological polar surface area (TPSA) is 63.2 Å². The summed E-state index contributed by atoms with van der Waals surface area (Å²) in [4.78, 5) is 27.7. The number of rotatable bonds is 4. The number of amides is 1. The van der Waals surface area contributed by atoms with E-state index in [1.165, 1.54) is 11.3 Å². The molecule has 1 unspecified atom stereocenters. The lowest BCUT2D eigenvalue weighted by Gasteiger charge is -2.37. The van der Waals surface area contributed by atoms with Crippen LogP contribution in [0.1, 0.15) is 49.7 Å². The molecule has 0 N–H and O–H groups in total. The predicted octanol–water partition coefficient (Wildman–Crippen LogP) is 4.49. The highest BCUT2D eigenvalue weighted by Crippen LogP contribution is 2.44. The van der Waals surface area contributed by atoms with Crippen molar-refractivity contribution in [3.8, 4) is 0 Å². The van der Waals surface area contributed by atoms with Crippen LogP contribution in [0.2, 0.25) is 0 Å². The molecule has 1 atom stereocenters. The molecular formula is C20H21N3O2S2. The molecule has 2 aromatic rings. The number of thioether (sulfide) groups is 1. The molecule has 0 saturated carbocycles. The second-order valence-corrected chi connectivity index (χ2v) is 9.23. The van der Waals surface area contributed by atoms with E-state index in [0.717, 1.165) is 45.3 Å². The number of allylic oxidation sites excluding steroid dienone is 2. The third kappa shape index (κ3) is 3.34. The van der Waals surface area contributed by atoms with E-state index in [9.17, 15) is 9.59 Å². The summed E-state index contributed by atoms with van der Waals surface area (Å²) >= 11 is 3.04. The Kier molecular flexibility index (Phi) is 5.14. The Morgan fingerprint density at radius 1 is 1.22 bits per heavy atom. The molecule has 1 aliphatic heterocycles. The molecule has 4 rings (SSSR count). The van der Waals surface area contributed by atoms with E-state index in [0.29, 0.717) is 18.0 Å². The standard InChI is InChI=1S/C20H21N3O2S2/c1-3-26-20-22-21-19(27-20)23-15-9-6-10-16(24)18(15)14(11-17(23)25)13-8-5-4-7-12(13)2/h4-5,7-8,14H,3,6,9-11H2,1-2H3. The normalized spacial score (nSPS) is 20.2. The zero-order chi connectivity index (χ0) is 19.0. The van der Waals surface area contributed by atoms with Gasteiger partial charge in [0.25, 0.3) is 0 Å². The van der Waals surface area contributed by atoms with Gasteiger partial charge >= 0.3 is 0 Å². The summed E-state index contributed by atoms with van der Waals surface area (Å²) in [6, 6.07) is 8.04. The van der Waals surface area contributed by atoms with Crippen molar-refractivity contribution in [3.63, 3.8) is 0 Å². The minimum atomic E-state index is -0.157. The lowest BCUT2D eigenvalue weighted by atomic mass is 9.76. The first kappa shape index (κ1) is 18.4. The largest absolute Gasteiger partial charge is 0.294 e. The van der Waals surface area contributed by atoms with Crippen molar-refractivity contribution in [2.75, 3.05) is 10.7 Å². The Hall–Kier alpha value is -1.99. The van der Waals surface area contributed by atoms with Crippen LogP contribution >= 0.6 is 23.1 Å². The van der Waals surface area contributed by atoms with Gasteiger partial charge in [-0.3, -0.25) is 14.5 Å². The monoisotopic (exact) mass is 399 g/mol. The van der Waals surface area contributed by atoms with Gasteiger partial charge in [0.15, 0.2) is 10.1 Å². The maximum Gasteiger partial charge on any atom is 0.234 e. The lowest BCUT2D eigenvalue weighted by Crippen LogP contribution is -2.40. The van der Waals surface area contributed by atoms with Crippen molar-refractivity contribution in [1.82, 2.24) is 10.2 Å². The average Bonchev–Trinajstić information content (AvgIpc) is 3.10. The van der Waals surface area contributed by atoms with E-state index >= 15 is 0 Å². The van der Waals surface area contributed by atoms with Crippen LogP contribution in [0.15, 0.2) is 39.9 Å². The number of carbonyl (C=O) groups excluding carboxylic acids is 2. The highest BCUT2D eigenvalue weighted by molar-refractivity contribution is 8.01. The molecule has 7 heteroatoms. The van der Waals surface area contributed by atoms with Gasteiger partial charge in [-0.2, -0.15) is 0 Å². The highest BCUT2D eigenvalue weighted by Gasteiger charge is 2.41. The molecule has 27 heavy (non-hydrogen) atoms. The first-order valence-corrected chi connectivity index (χ1v) is 11.0. The molecule has 2 aliphatic rings. The number of benzene rings is 1. The summed E-state index contributed by atoms with van der Waals surface area (Å²) in [5, 5.41) is 9.03. The molecule has 140 valence electrons. The van der Waals surface area contributed by atoms with Gasteiger partial charge in [0.05, 0.1) is 0 Å². The summed E-state index contributed by atoms with van der Waals surface area (Å²) in [7, 11) is 0. The second-order valence-electron chi connectivity index (χ2n) is 6.76. The van der Waals surface area contributed by atoms with Crippen molar-refractivity contribution in [1.29, 1.82) is 0 Å². The molecular weight excluding hydrogens is 378 g/mol. The molecule has 0 radical (unpaired) electrons. The molecule has 1 aromatic heterocycles. The number of aromatic nitrogens is 2. The first-order chi connectivity index (χ1) is 13.1. The van der Waals surface area contributed by atoms with Crippen LogP contribution in [0.3, 0.4) is 0 Å². The number of Topliss-reactive ketones (excluding diaryl/α,β-unsaturated/α-hetero) is 1. The van der Waals surface area contributed by atoms with Gasteiger partial charge in [-0.1, -0.05) is 54.3 Å². The molecule has 1 aromatic carbocycles. The minimum absolute atomic E-state index is 0.000835. The number of hydrogen-bond acceptors (Lipinski definition) is 6. The molecule has 0 saturated heterocycles. The average molecular weight is 400 g/mol. The van der Waals surface area contributed by atoms with Gasteiger partial charge < -0.3 is 0 Å². The van der Waals surface area contributed by atoms with Gasteiger partial charge in [-0.25, -0.2) is 0 Å². The van der Waals surface area contributed by atoms with E-state index in [1.807, 2.05) is 31.2 Å². The third-order valence-electron chi connectivity index (χ3n) is 5.09. The van der Waals surface area contributed by atoms with E-state index in [-0.39, 0.29) is 17.6 Å². The molecule has 0 fully saturated rings. The van der Waals surface area contributed by atoms with E-state index in [4.69, 9.17) is 0 Å². The molecule has 1 aliphatic carbocycles. The summed E-state index contributed by atoms with van der Waals surface area (Å²) in [5.74, 6) is 0.912. The molecule has 5 nitrogen and oxygen atoms in total. The highest BCUT2D eigenvalue weighted by atomic mass is 32.2. The smallest absolute Gasteiger partial charge is 0.234 e. The van der Waals surface area contributed by atoms with Crippen molar-refractivity contribution >= 4 is 39.9 Å². The van der Waals surface area contributed by atoms with Crippen molar-refractivity contribution in [2.24, 2.45) is 0 Å². The van der Waals surface area contributed by atoms with Crippen LogP contribution in [0.25, 0.3) is 0 Å². The SMILES string of the molecule is CCSc1nnc(N2C(=O)CC(c3ccccc3C)C3=C2CCCC3=O)s1. The fourth-order valence-corrected chi connectivity index (χ4v) is 5.71. The zero-order valence-electron chi connectivity index (χ0n) is 15.4. The summed E-state index contributed by atoms with van der Waals surface area (Å²) < 4.78 is 0.852. The summed E-state index contributed by atoms with van der Waals surface area (Å²) in [6.07, 6.45) is 2.35. The predicted molar refractivity (Wildman–Crippen MR) is 108 cm³/mol. The van der Waals surface area contributed by atoms with Crippen LogP contribution in [0, 0.1) is 6.92 Å². The number of hydrogen-bond donors (Lipinski definition) is 0. The van der Waals surface area contributed by atoms with Crippen LogP contribution in [0.5, 0.6) is 0 Å². The maximum absolute atomic E-state index is 13.1. The summed E-state index contributed by atoms with van der Waals surface area (Å²) in [5.41, 5.74) is 3.83. The van der Waals surface area contributed by atoms with Gasteiger partial charge in [0, 0.05) is 30.0 Å². The minimum Gasteiger partial charge on any atom is -0.294 e. The number of ketones is 1. The fourth-order valence-electron chi connectivity index (χ4n) is 3.93. The number of carbonyl (C=O) groups is 2. The molecule has 0 bridgehead atoms. The van der Waals surface area contributed by atoms with Gasteiger partial charge in [-0.15, -0.1) is 10.2 Å². The summed E-state index contributed by atoms with van der Waals surface area (Å²) in [6.45, 7) is 4.10. The van der Waals surface area contributed by atoms with Crippen LogP contribution in [-0.2, 0) is 9.59 Å². The molecule has 2 heterocycles. The van der Waals surface area contributed by atoms with E-state index in [1.54, 1.807) is 16.7 Å². The maximum atomic E-state index is 13.1. The van der Waals surface area contributed by atoms with E-state index in [2.05, 4.69) is 17.1 Å². The number of anilines is 1. The van der Waals surface area contributed by atoms with Crippen molar-refractivity contribution in [2.45, 2.75) is 49.8 Å². The molecule has 1 amide bonds. The zero-order valence-corrected chi connectivity index (χ0v) is 17.0. The third-order valence-corrected chi connectivity index (χ3v) is 7.02. The van der Waals surface area contributed by atoms with Crippen molar-refractivity contribution in [3.05, 3.63) is 46.7 Å². The second kappa shape index (κ2) is 7.56. The Morgan fingerprint density at radius 2 is 2.04 bits per heavy atom. The fraction of sp³-hybridized carbons (Fsp3) is 0.400. The van der Waals surface area contributed by atoms with Gasteiger partial charge in [0.1, 0.15) is 0 Å². The van der Waals surface area contributed by atoms with E-state index < -0.39 is 0 Å². The Morgan fingerprint density at radius 3 is 2.81 bits per heavy atom. The molecule has 0 spiro atoms. The Balaban J connectivity index is 1.82. The van der Waals surface area contributed by atoms with Gasteiger partial charge in [-0.05, 0) is 36.6 Å². The van der Waals surface area contributed by atoms with Crippen molar-refractivity contribution < 1.29 is 9.59 Å². The Labute approximate surface area is 166 Å².